The van der Waals surface area contributed by atoms with Crippen molar-refractivity contribution in [2.75, 3.05) is 7.11 Å². The zero-order valence-corrected chi connectivity index (χ0v) is 11.0. The lowest BCUT2D eigenvalue weighted by atomic mass is 10.1. The molecule has 0 aliphatic rings. The predicted molar refractivity (Wildman–Crippen MR) is 71.4 cm³/mol. The number of rotatable bonds is 5. The minimum atomic E-state index is 0.0635. The van der Waals surface area contributed by atoms with Gasteiger partial charge in [-0.15, -0.1) is 0 Å². The summed E-state index contributed by atoms with van der Waals surface area (Å²) in [6.07, 6.45) is 1.45. The quantitative estimate of drug-likeness (QED) is 0.249. The fourth-order valence-corrected chi connectivity index (χ4v) is 2.28. The van der Waals surface area contributed by atoms with Crippen molar-refractivity contribution in [3.8, 4) is 5.75 Å². The first-order valence-electron chi connectivity index (χ1n) is 5.37. The molecule has 1 aromatic carbocycles. The van der Waals surface area contributed by atoms with Crippen molar-refractivity contribution < 1.29 is 9.94 Å². The minimum absolute atomic E-state index is 0.0635. The third kappa shape index (κ3) is 3.16. The number of amidine groups is 1. The number of thioether (sulfide) groups is 1. The lowest BCUT2D eigenvalue weighted by molar-refractivity contribution is 0.318. The molecule has 8 heteroatoms. The lowest BCUT2D eigenvalue weighted by Gasteiger charge is -2.09. The first-order chi connectivity index (χ1) is 9.24. The SMILES string of the molecule is COc1ccc(/C(N)=N/O)cc1CSc1ncn[nH]1. The van der Waals surface area contributed by atoms with E-state index in [1.165, 1.54) is 18.1 Å². The van der Waals surface area contributed by atoms with E-state index in [-0.39, 0.29) is 5.84 Å². The summed E-state index contributed by atoms with van der Waals surface area (Å²) in [5, 5.41) is 18.9. The number of oxime groups is 1. The summed E-state index contributed by atoms with van der Waals surface area (Å²) < 4.78 is 5.28. The highest BCUT2D eigenvalue weighted by atomic mass is 32.2. The van der Waals surface area contributed by atoms with Crippen LogP contribution in [-0.2, 0) is 5.75 Å². The van der Waals surface area contributed by atoms with Crippen LogP contribution in [0.2, 0.25) is 0 Å². The number of aromatic nitrogens is 3. The van der Waals surface area contributed by atoms with Gasteiger partial charge in [-0.1, -0.05) is 16.9 Å². The molecule has 0 amide bonds. The Bertz CT molecular complexity index is 570. The van der Waals surface area contributed by atoms with E-state index in [4.69, 9.17) is 15.7 Å². The fraction of sp³-hybridized carbons (Fsp3) is 0.182. The zero-order chi connectivity index (χ0) is 13.7. The number of nitrogens with two attached hydrogens (primary N) is 1. The molecule has 0 spiro atoms. The summed E-state index contributed by atoms with van der Waals surface area (Å²) in [6.45, 7) is 0. The van der Waals surface area contributed by atoms with Crippen LogP contribution in [0.4, 0.5) is 0 Å². The molecule has 0 aliphatic heterocycles. The van der Waals surface area contributed by atoms with E-state index < -0.39 is 0 Å². The third-order valence-electron chi connectivity index (χ3n) is 2.44. The molecule has 0 fully saturated rings. The molecule has 0 radical (unpaired) electrons. The van der Waals surface area contributed by atoms with Gasteiger partial charge in [0.25, 0.3) is 0 Å². The number of hydrogen-bond donors (Lipinski definition) is 3. The normalized spacial score (nSPS) is 11.5. The van der Waals surface area contributed by atoms with Crippen molar-refractivity contribution in [1.29, 1.82) is 0 Å². The van der Waals surface area contributed by atoms with Gasteiger partial charge in [0.15, 0.2) is 11.0 Å². The van der Waals surface area contributed by atoms with Crippen molar-refractivity contribution in [2.45, 2.75) is 10.9 Å². The molecule has 0 saturated heterocycles. The molecule has 0 aliphatic carbocycles. The van der Waals surface area contributed by atoms with Crippen LogP contribution in [-0.4, -0.2) is 33.3 Å². The number of aromatic amines is 1. The van der Waals surface area contributed by atoms with E-state index in [0.717, 1.165) is 16.5 Å². The Balaban J connectivity index is 2.21. The molecule has 2 aromatic rings. The lowest BCUT2D eigenvalue weighted by Crippen LogP contribution is -2.13. The van der Waals surface area contributed by atoms with Crippen LogP contribution in [0.1, 0.15) is 11.1 Å². The standard InChI is InChI=1S/C11H13N5O2S/c1-18-9-3-2-7(10(12)16-17)4-8(9)5-19-11-13-6-14-15-11/h2-4,6,17H,5H2,1H3,(H2,12,16)(H,13,14,15). The van der Waals surface area contributed by atoms with Gasteiger partial charge in [-0.3, -0.25) is 5.10 Å². The highest BCUT2D eigenvalue weighted by Crippen LogP contribution is 2.26. The third-order valence-corrected chi connectivity index (χ3v) is 3.37. The van der Waals surface area contributed by atoms with Crippen LogP contribution in [0.15, 0.2) is 34.8 Å². The first kappa shape index (κ1) is 13.2. The molecule has 0 bridgehead atoms. The average Bonchev–Trinajstić information content (AvgIpc) is 2.97. The Morgan fingerprint density at radius 3 is 3.05 bits per heavy atom. The maximum Gasteiger partial charge on any atom is 0.183 e. The Kier molecular flexibility index (Phi) is 4.24. The van der Waals surface area contributed by atoms with E-state index in [0.29, 0.717) is 11.3 Å². The molecule has 100 valence electrons. The molecule has 19 heavy (non-hydrogen) atoms. The van der Waals surface area contributed by atoms with Crippen molar-refractivity contribution in [2.24, 2.45) is 10.9 Å². The maximum absolute atomic E-state index is 8.69. The van der Waals surface area contributed by atoms with Gasteiger partial charge in [-0.05, 0) is 18.2 Å². The summed E-state index contributed by atoms with van der Waals surface area (Å²) in [4.78, 5) is 4.03. The maximum atomic E-state index is 8.69. The Morgan fingerprint density at radius 1 is 1.58 bits per heavy atom. The zero-order valence-electron chi connectivity index (χ0n) is 10.2. The largest absolute Gasteiger partial charge is 0.496 e. The first-order valence-corrected chi connectivity index (χ1v) is 6.36. The van der Waals surface area contributed by atoms with Gasteiger partial charge in [0.2, 0.25) is 0 Å². The molecule has 0 saturated carbocycles. The van der Waals surface area contributed by atoms with Crippen LogP contribution in [0, 0.1) is 0 Å². The highest BCUT2D eigenvalue weighted by molar-refractivity contribution is 7.98. The Hall–Kier alpha value is -2.22. The van der Waals surface area contributed by atoms with Gasteiger partial charge in [0.05, 0.1) is 7.11 Å². The summed E-state index contributed by atoms with van der Waals surface area (Å²) in [7, 11) is 1.60. The second-order valence-electron chi connectivity index (χ2n) is 3.59. The van der Waals surface area contributed by atoms with Gasteiger partial charge < -0.3 is 15.7 Å². The van der Waals surface area contributed by atoms with Crippen molar-refractivity contribution in [1.82, 2.24) is 15.2 Å². The van der Waals surface area contributed by atoms with Crippen LogP contribution in [0.5, 0.6) is 5.75 Å². The summed E-state index contributed by atoms with van der Waals surface area (Å²) in [6, 6.07) is 5.33. The monoisotopic (exact) mass is 279 g/mol. The number of hydrogen-bond acceptors (Lipinski definition) is 6. The molecular formula is C11H13N5O2S. The van der Waals surface area contributed by atoms with E-state index in [9.17, 15) is 0 Å². The van der Waals surface area contributed by atoms with Crippen molar-refractivity contribution >= 4 is 17.6 Å². The van der Waals surface area contributed by atoms with Gasteiger partial charge >= 0.3 is 0 Å². The molecule has 7 nitrogen and oxygen atoms in total. The molecule has 2 rings (SSSR count). The molecule has 4 N–H and O–H groups in total. The van der Waals surface area contributed by atoms with Gasteiger partial charge in [-0.2, -0.15) is 5.10 Å². The molecular weight excluding hydrogens is 266 g/mol. The van der Waals surface area contributed by atoms with E-state index >= 15 is 0 Å². The summed E-state index contributed by atoms with van der Waals surface area (Å²) in [5.41, 5.74) is 7.13. The number of nitrogens with one attached hydrogen (secondary N) is 1. The highest BCUT2D eigenvalue weighted by Gasteiger charge is 2.08. The average molecular weight is 279 g/mol. The van der Waals surface area contributed by atoms with Crippen LogP contribution in [0.25, 0.3) is 0 Å². The van der Waals surface area contributed by atoms with E-state index in [2.05, 4.69) is 20.3 Å². The second-order valence-corrected chi connectivity index (χ2v) is 4.56. The Morgan fingerprint density at radius 2 is 2.42 bits per heavy atom. The number of ether oxygens (including phenoxy) is 1. The molecule has 1 heterocycles. The second kappa shape index (κ2) is 6.10. The van der Waals surface area contributed by atoms with Gasteiger partial charge in [-0.25, -0.2) is 4.98 Å². The molecule has 1 aromatic heterocycles. The van der Waals surface area contributed by atoms with Gasteiger partial charge in [0.1, 0.15) is 12.1 Å². The van der Waals surface area contributed by atoms with E-state index in [1.54, 1.807) is 19.2 Å². The summed E-state index contributed by atoms with van der Waals surface area (Å²) in [5.74, 6) is 1.43. The van der Waals surface area contributed by atoms with Crippen LogP contribution in [0.3, 0.4) is 0 Å². The number of methoxy groups -OCH3 is 1. The molecule has 0 atom stereocenters. The smallest absolute Gasteiger partial charge is 0.183 e. The summed E-state index contributed by atoms with van der Waals surface area (Å²) >= 11 is 1.49. The number of H-pyrrole nitrogens is 1. The Labute approximate surface area is 113 Å². The fourth-order valence-electron chi connectivity index (χ4n) is 1.52. The topological polar surface area (TPSA) is 109 Å². The number of nitrogens with zero attached hydrogens (tertiary/aromatic N) is 3. The van der Waals surface area contributed by atoms with Crippen molar-refractivity contribution in [3.63, 3.8) is 0 Å². The van der Waals surface area contributed by atoms with Crippen LogP contribution >= 0.6 is 11.8 Å². The number of benzene rings is 1. The predicted octanol–water partition coefficient (Wildman–Crippen LogP) is 1.20. The van der Waals surface area contributed by atoms with Crippen LogP contribution < -0.4 is 10.5 Å². The minimum Gasteiger partial charge on any atom is -0.496 e. The van der Waals surface area contributed by atoms with E-state index in [1.807, 2.05) is 6.07 Å². The van der Waals surface area contributed by atoms with Crippen molar-refractivity contribution in [3.05, 3.63) is 35.7 Å². The van der Waals surface area contributed by atoms with Gasteiger partial charge in [0, 0.05) is 16.9 Å². The molecule has 0 unspecified atom stereocenters.